The Morgan fingerprint density at radius 2 is 1.71 bits per heavy atom. The van der Waals surface area contributed by atoms with Gasteiger partial charge in [-0.15, -0.1) is 0 Å². The monoisotopic (exact) mass is 394 g/mol. The lowest BCUT2D eigenvalue weighted by molar-refractivity contribution is -0.117. The van der Waals surface area contributed by atoms with Crippen LogP contribution in [0, 0.1) is 5.92 Å². The van der Waals surface area contributed by atoms with E-state index in [4.69, 9.17) is 0 Å². The molecule has 2 fully saturated rings. The van der Waals surface area contributed by atoms with Crippen LogP contribution in [0.4, 0.5) is 5.69 Å². The van der Waals surface area contributed by atoms with E-state index in [2.05, 4.69) is 36.4 Å². The fraction of sp³-hybridized carbons (Fsp3) is 0.611. The van der Waals surface area contributed by atoms with Crippen molar-refractivity contribution < 1.29 is 4.79 Å². The molecule has 2 aliphatic heterocycles. The van der Waals surface area contributed by atoms with Crippen LogP contribution in [-0.2, 0) is 4.79 Å². The number of hydrogen-bond acceptors (Lipinski definition) is 4. The molecule has 2 aliphatic rings. The Morgan fingerprint density at radius 1 is 1.08 bits per heavy atom. The molecule has 0 radical (unpaired) electrons. The number of amides is 1. The van der Waals surface area contributed by atoms with Crippen molar-refractivity contribution >= 4 is 27.5 Å². The molecule has 6 heteroatoms. The zero-order valence-corrected chi connectivity index (χ0v) is 15.7. The minimum atomic E-state index is 0.0733. The van der Waals surface area contributed by atoms with Gasteiger partial charge in [0.25, 0.3) is 0 Å². The maximum atomic E-state index is 12.2. The third-order valence-corrected chi connectivity index (χ3v) is 5.46. The van der Waals surface area contributed by atoms with E-state index in [1.165, 1.54) is 32.5 Å². The van der Waals surface area contributed by atoms with Gasteiger partial charge >= 0.3 is 0 Å². The number of nitrogens with one attached hydrogen (secondary N) is 2. The molecule has 2 N–H and O–H groups in total. The van der Waals surface area contributed by atoms with E-state index < -0.39 is 0 Å². The highest BCUT2D eigenvalue weighted by molar-refractivity contribution is 9.10. The number of piperidine rings is 1. The van der Waals surface area contributed by atoms with Crippen LogP contribution in [0.15, 0.2) is 28.7 Å². The molecule has 0 aromatic heterocycles. The first-order chi connectivity index (χ1) is 11.7. The number of hydrogen-bond donors (Lipinski definition) is 2. The molecule has 0 spiro atoms. The third-order valence-electron chi connectivity index (χ3n) is 4.94. The fourth-order valence-corrected chi connectivity index (χ4v) is 3.76. The SMILES string of the molecule is O=C(CN1CCN(CC2CCNCC2)CC1)Nc1ccc(Br)cc1. The van der Waals surface area contributed by atoms with Gasteiger partial charge in [0.2, 0.25) is 5.91 Å². The van der Waals surface area contributed by atoms with E-state index in [9.17, 15) is 4.79 Å². The second kappa shape index (κ2) is 8.94. The summed E-state index contributed by atoms with van der Waals surface area (Å²) in [5, 5.41) is 6.40. The van der Waals surface area contributed by atoms with Gasteiger partial charge in [-0.25, -0.2) is 0 Å². The zero-order valence-electron chi connectivity index (χ0n) is 14.1. The van der Waals surface area contributed by atoms with Gasteiger partial charge in [-0.1, -0.05) is 15.9 Å². The molecular weight excluding hydrogens is 368 g/mol. The Kier molecular flexibility index (Phi) is 6.66. The normalized spacial score (nSPS) is 20.9. The molecule has 1 aromatic carbocycles. The standard InChI is InChI=1S/C18H27BrN4O/c19-16-1-3-17(4-2-16)21-18(24)14-23-11-9-22(10-12-23)13-15-5-7-20-8-6-15/h1-4,15,20H,5-14H2,(H,21,24). The van der Waals surface area contributed by atoms with Crippen molar-refractivity contribution in [1.29, 1.82) is 0 Å². The predicted octanol–water partition coefficient (Wildman–Crippen LogP) is 2.00. The summed E-state index contributed by atoms with van der Waals surface area (Å²) >= 11 is 3.40. The number of halogens is 1. The van der Waals surface area contributed by atoms with Crippen molar-refractivity contribution in [3.05, 3.63) is 28.7 Å². The summed E-state index contributed by atoms with van der Waals surface area (Å²) < 4.78 is 1.02. The van der Waals surface area contributed by atoms with Gasteiger partial charge in [-0.2, -0.15) is 0 Å². The van der Waals surface area contributed by atoms with Crippen LogP contribution in [-0.4, -0.2) is 68.1 Å². The Morgan fingerprint density at radius 3 is 2.38 bits per heavy atom. The largest absolute Gasteiger partial charge is 0.325 e. The lowest BCUT2D eigenvalue weighted by Crippen LogP contribution is -2.50. The van der Waals surface area contributed by atoms with Crippen LogP contribution in [0.5, 0.6) is 0 Å². The quantitative estimate of drug-likeness (QED) is 0.801. The van der Waals surface area contributed by atoms with Crippen molar-refractivity contribution in [2.75, 3.05) is 57.7 Å². The van der Waals surface area contributed by atoms with Gasteiger partial charge in [-0.05, 0) is 56.1 Å². The van der Waals surface area contributed by atoms with Crippen LogP contribution in [0.2, 0.25) is 0 Å². The molecule has 1 aromatic rings. The van der Waals surface area contributed by atoms with Gasteiger partial charge < -0.3 is 15.5 Å². The smallest absolute Gasteiger partial charge is 0.238 e. The lowest BCUT2D eigenvalue weighted by atomic mass is 9.97. The van der Waals surface area contributed by atoms with Crippen LogP contribution >= 0.6 is 15.9 Å². The first kappa shape index (κ1) is 17.9. The minimum Gasteiger partial charge on any atom is -0.325 e. The number of piperazine rings is 1. The Labute approximate surface area is 152 Å². The van der Waals surface area contributed by atoms with E-state index >= 15 is 0 Å². The molecule has 24 heavy (non-hydrogen) atoms. The fourth-order valence-electron chi connectivity index (χ4n) is 3.50. The summed E-state index contributed by atoms with van der Waals surface area (Å²) in [7, 11) is 0. The molecule has 0 aliphatic carbocycles. The minimum absolute atomic E-state index is 0.0733. The summed E-state index contributed by atoms with van der Waals surface area (Å²) in [5.74, 6) is 0.919. The Bertz CT molecular complexity index is 522. The van der Waals surface area contributed by atoms with E-state index in [1.54, 1.807) is 0 Å². The predicted molar refractivity (Wildman–Crippen MR) is 101 cm³/mol. The van der Waals surface area contributed by atoms with Gasteiger partial charge in [-0.3, -0.25) is 9.69 Å². The number of anilines is 1. The summed E-state index contributed by atoms with van der Waals surface area (Å²) in [6.45, 7) is 8.17. The van der Waals surface area contributed by atoms with Crippen LogP contribution in [0.25, 0.3) is 0 Å². The third kappa shape index (κ3) is 5.55. The van der Waals surface area contributed by atoms with E-state index in [0.717, 1.165) is 42.3 Å². The van der Waals surface area contributed by atoms with Crippen LogP contribution in [0.1, 0.15) is 12.8 Å². The van der Waals surface area contributed by atoms with E-state index in [0.29, 0.717) is 6.54 Å². The molecule has 2 saturated heterocycles. The number of nitrogens with zero attached hydrogens (tertiary/aromatic N) is 2. The topological polar surface area (TPSA) is 47.6 Å². The zero-order chi connectivity index (χ0) is 16.8. The van der Waals surface area contributed by atoms with Gasteiger partial charge in [0.1, 0.15) is 0 Å². The average molecular weight is 395 g/mol. The number of benzene rings is 1. The van der Waals surface area contributed by atoms with E-state index in [-0.39, 0.29) is 5.91 Å². The summed E-state index contributed by atoms with van der Waals surface area (Å²) in [6.07, 6.45) is 2.60. The molecule has 0 saturated carbocycles. The summed E-state index contributed by atoms with van der Waals surface area (Å²) in [6, 6.07) is 7.71. The van der Waals surface area contributed by atoms with Crippen molar-refractivity contribution in [1.82, 2.24) is 15.1 Å². The molecule has 0 atom stereocenters. The highest BCUT2D eigenvalue weighted by Crippen LogP contribution is 2.16. The summed E-state index contributed by atoms with van der Waals surface area (Å²) in [4.78, 5) is 17.0. The first-order valence-electron chi connectivity index (χ1n) is 8.90. The molecule has 5 nitrogen and oxygen atoms in total. The van der Waals surface area contributed by atoms with Gasteiger partial charge in [0, 0.05) is 42.9 Å². The molecular formula is C18H27BrN4O. The average Bonchev–Trinajstić information content (AvgIpc) is 2.60. The number of rotatable bonds is 5. The van der Waals surface area contributed by atoms with Crippen molar-refractivity contribution in [2.24, 2.45) is 5.92 Å². The molecule has 0 unspecified atom stereocenters. The van der Waals surface area contributed by atoms with Gasteiger partial charge in [0.15, 0.2) is 0 Å². The lowest BCUT2D eigenvalue weighted by Gasteiger charge is -2.37. The van der Waals surface area contributed by atoms with Crippen LogP contribution < -0.4 is 10.6 Å². The second-order valence-corrected chi connectivity index (χ2v) is 7.74. The van der Waals surface area contributed by atoms with Gasteiger partial charge in [0.05, 0.1) is 6.54 Å². The molecule has 2 heterocycles. The first-order valence-corrected chi connectivity index (χ1v) is 9.69. The van der Waals surface area contributed by atoms with E-state index in [1.807, 2.05) is 24.3 Å². The summed E-state index contributed by atoms with van der Waals surface area (Å²) in [5.41, 5.74) is 0.854. The van der Waals surface area contributed by atoms with Crippen molar-refractivity contribution in [3.8, 4) is 0 Å². The Hall–Kier alpha value is -0.950. The van der Waals surface area contributed by atoms with Crippen LogP contribution in [0.3, 0.4) is 0 Å². The maximum Gasteiger partial charge on any atom is 0.238 e. The van der Waals surface area contributed by atoms with Crippen molar-refractivity contribution in [2.45, 2.75) is 12.8 Å². The molecule has 3 rings (SSSR count). The number of carbonyl (C=O) groups excluding carboxylic acids is 1. The van der Waals surface area contributed by atoms with Crippen molar-refractivity contribution in [3.63, 3.8) is 0 Å². The maximum absolute atomic E-state index is 12.2. The second-order valence-electron chi connectivity index (χ2n) is 6.83. The molecule has 0 bridgehead atoms. The number of carbonyl (C=O) groups is 1. The molecule has 1 amide bonds. The highest BCUT2D eigenvalue weighted by Gasteiger charge is 2.22. The highest BCUT2D eigenvalue weighted by atomic mass is 79.9. The molecule has 132 valence electrons. The Balaban J connectivity index is 1.37.